The number of nitrogens with one attached hydrogen (secondary N) is 1. The minimum atomic E-state index is -0.533. The third-order valence-electron chi connectivity index (χ3n) is 4.47. The second-order valence-electron chi connectivity index (χ2n) is 7.28. The second-order valence-corrected chi connectivity index (χ2v) is 8.73. The van der Waals surface area contributed by atoms with Crippen molar-refractivity contribution in [3.8, 4) is 0 Å². The highest BCUT2D eigenvalue weighted by Gasteiger charge is 2.29. The minimum absolute atomic E-state index is 0.0784. The Bertz CT molecular complexity index is 798. The van der Waals surface area contributed by atoms with Gasteiger partial charge in [0.15, 0.2) is 0 Å². The molecule has 0 aliphatic rings. The first kappa shape index (κ1) is 23.3. The SMILES string of the molecule is CC[C@@H](C(=O)NCC(C)C)N(Cc1ccccc1Cl)C(=O)CSc1ccccc1. The molecule has 156 valence electrons. The Hall–Kier alpha value is -1.98. The van der Waals surface area contributed by atoms with Crippen LogP contribution in [0.1, 0.15) is 32.8 Å². The van der Waals surface area contributed by atoms with E-state index in [2.05, 4.69) is 5.32 Å². The summed E-state index contributed by atoms with van der Waals surface area (Å²) in [5.74, 6) is 0.414. The number of nitrogens with zero attached hydrogens (tertiary/aromatic N) is 1. The molecule has 2 aromatic carbocycles. The Balaban J connectivity index is 2.19. The number of amides is 2. The van der Waals surface area contributed by atoms with Crippen molar-refractivity contribution in [2.45, 2.75) is 44.7 Å². The molecule has 2 rings (SSSR count). The molecule has 29 heavy (non-hydrogen) atoms. The standard InChI is InChI=1S/C23H29ClN2O2S/c1-4-21(23(28)25-14-17(2)3)26(15-18-10-8-9-13-20(18)24)22(27)16-29-19-11-6-5-7-12-19/h5-13,17,21H,4,14-16H2,1-3H3,(H,25,28)/t21-/m0/s1. The molecular weight excluding hydrogens is 404 g/mol. The van der Waals surface area contributed by atoms with Crippen molar-refractivity contribution in [1.82, 2.24) is 10.2 Å². The van der Waals surface area contributed by atoms with Crippen molar-refractivity contribution in [2.75, 3.05) is 12.3 Å². The molecule has 0 fully saturated rings. The molecule has 0 bridgehead atoms. The average molecular weight is 433 g/mol. The lowest BCUT2D eigenvalue weighted by Crippen LogP contribution is -2.50. The van der Waals surface area contributed by atoms with Crippen LogP contribution in [-0.4, -0.2) is 35.1 Å². The van der Waals surface area contributed by atoms with E-state index in [0.717, 1.165) is 10.5 Å². The van der Waals surface area contributed by atoms with Crippen LogP contribution in [0.3, 0.4) is 0 Å². The summed E-state index contributed by atoms with van der Waals surface area (Å²) in [5, 5.41) is 3.57. The highest BCUT2D eigenvalue weighted by Crippen LogP contribution is 2.22. The fourth-order valence-corrected chi connectivity index (χ4v) is 3.90. The molecule has 1 atom stereocenters. The zero-order valence-electron chi connectivity index (χ0n) is 17.2. The van der Waals surface area contributed by atoms with Gasteiger partial charge in [0.1, 0.15) is 6.04 Å². The fourth-order valence-electron chi connectivity index (χ4n) is 2.90. The van der Waals surface area contributed by atoms with Gasteiger partial charge in [-0.15, -0.1) is 11.8 Å². The van der Waals surface area contributed by atoms with Gasteiger partial charge in [0.2, 0.25) is 11.8 Å². The second kappa shape index (κ2) is 11.9. The van der Waals surface area contributed by atoms with Crippen LogP contribution in [0.15, 0.2) is 59.5 Å². The Morgan fingerprint density at radius 2 is 1.72 bits per heavy atom. The van der Waals surface area contributed by atoms with E-state index >= 15 is 0 Å². The zero-order chi connectivity index (χ0) is 21.2. The molecule has 0 aliphatic heterocycles. The third-order valence-corrected chi connectivity index (χ3v) is 5.84. The lowest BCUT2D eigenvalue weighted by molar-refractivity contribution is -0.139. The topological polar surface area (TPSA) is 49.4 Å². The maximum atomic E-state index is 13.2. The molecule has 0 saturated carbocycles. The van der Waals surface area contributed by atoms with Gasteiger partial charge in [-0.2, -0.15) is 0 Å². The summed E-state index contributed by atoms with van der Waals surface area (Å²) in [5.41, 5.74) is 0.835. The smallest absolute Gasteiger partial charge is 0.242 e. The summed E-state index contributed by atoms with van der Waals surface area (Å²) in [6, 6.07) is 16.7. The summed E-state index contributed by atoms with van der Waals surface area (Å²) >= 11 is 7.81. The lowest BCUT2D eigenvalue weighted by atomic mass is 10.1. The molecule has 0 spiro atoms. The number of hydrogen-bond acceptors (Lipinski definition) is 3. The summed E-state index contributed by atoms with van der Waals surface area (Å²) < 4.78 is 0. The molecule has 6 heteroatoms. The van der Waals surface area contributed by atoms with Crippen LogP contribution in [0.5, 0.6) is 0 Å². The van der Waals surface area contributed by atoms with Crippen LogP contribution in [0.25, 0.3) is 0 Å². The molecule has 1 N–H and O–H groups in total. The van der Waals surface area contributed by atoms with E-state index in [4.69, 9.17) is 11.6 Å². The molecule has 0 unspecified atom stereocenters. The van der Waals surface area contributed by atoms with Gasteiger partial charge in [-0.1, -0.05) is 68.8 Å². The van der Waals surface area contributed by atoms with Crippen molar-refractivity contribution >= 4 is 35.2 Å². The van der Waals surface area contributed by atoms with Gasteiger partial charge in [-0.05, 0) is 36.1 Å². The number of rotatable bonds is 10. The van der Waals surface area contributed by atoms with Gasteiger partial charge in [0.05, 0.1) is 5.75 Å². The van der Waals surface area contributed by atoms with Gasteiger partial charge in [0.25, 0.3) is 0 Å². The van der Waals surface area contributed by atoms with Crippen LogP contribution in [-0.2, 0) is 16.1 Å². The largest absolute Gasteiger partial charge is 0.354 e. The summed E-state index contributed by atoms with van der Waals surface area (Å²) in [4.78, 5) is 28.7. The highest BCUT2D eigenvalue weighted by molar-refractivity contribution is 8.00. The number of carbonyl (C=O) groups is 2. The summed E-state index contributed by atoms with van der Waals surface area (Å²) in [6.45, 7) is 6.91. The Kier molecular flexibility index (Phi) is 9.55. The summed E-state index contributed by atoms with van der Waals surface area (Å²) in [6.07, 6.45) is 0.538. The Morgan fingerprint density at radius 1 is 1.07 bits per heavy atom. The van der Waals surface area contributed by atoms with Gasteiger partial charge in [0, 0.05) is 23.0 Å². The zero-order valence-corrected chi connectivity index (χ0v) is 18.8. The lowest BCUT2D eigenvalue weighted by Gasteiger charge is -2.31. The van der Waals surface area contributed by atoms with Crippen LogP contribution in [0, 0.1) is 5.92 Å². The van der Waals surface area contributed by atoms with E-state index in [-0.39, 0.29) is 17.6 Å². The molecule has 0 heterocycles. The van der Waals surface area contributed by atoms with Crippen molar-refractivity contribution in [3.05, 3.63) is 65.2 Å². The predicted molar refractivity (Wildman–Crippen MR) is 121 cm³/mol. The van der Waals surface area contributed by atoms with Crippen molar-refractivity contribution in [1.29, 1.82) is 0 Å². The summed E-state index contributed by atoms with van der Waals surface area (Å²) in [7, 11) is 0. The number of benzene rings is 2. The molecule has 2 aromatic rings. The molecular formula is C23H29ClN2O2S. The molecule has 0 aromatic heterocycles. The van der Waals surface area contributed by atoms with Crippen molar-refractivity contribution in [2.24, 2.45) is 5.92 Å². The van der Waals surface area contributed by atoms with Crippen LogP contribution >= 0.6 is 23.4 Å². The molecule has 4 nitrogen and oxygen atoms in total. The highest BCUT2D eigenvalue weighted by atomic mass is 35.5. The first-order chi connectivity index (χ1) is 13.9. The maximum Gasteiger partial charge on any atom is 0.242 e. The number of thioether (sulfide) groups is 1. The Morgan fingerprint density at radius 3 is 2.34 bits per heavy atom. The van der Waals surface area contributed by atoms with Crippen LogP contribution in [0.2, 0.25) is 5.02 Å². The molecule has 0 radical (unpaired) electrons. The van der Waals surface area contributed by atoms with E-state index in [1.165, 1.54) is 11.8 Å². The van der Waals surface area contributed by atoms with Gasteiger partial charge in [-0.25, -0.2) is 0 Å². The van der Waals surface area contributed by atoms with Crippen LogP contribution < -0.4 is 5.32 Å². The normalized spacial score (nSPS) is 11.9. The monoisotopic (exact) mass is 432 g/mol. The molecule has 2 amide bonds. The van der Waals surface area contributed by atoms with Crippen molar-refractivity contribution in [3.63, 3.8) is 0 Å². The molecule has 0 saturated heterocycles. The van der Waals surface area contributed by atoms with E-state index in [1.807, 2.05) is 69.3 Å². The third kappa shape index (κ3) is 7.41. The molecule has 0 aliphatic carbocycles. The van der Waals surface area contributed by atoms with Gasteiger partial charge < -0.3 is 10.2 Å². The Labute approximate surface area is 183 Å². The first-order valence-electron chi connectivity index (χ1n) is 9.90. The van der Waals surface area contributed by atoms with E-state index < -0.39 is 6.04 Å². The van der Waals surface area contributed by atoms with Gasteiger partial charge >= 0.3 is 0 Å². The number of hydrogen-bond donors (Lipinski definition) is 1. The number of halogens is 1. The van der Waals surface area contributed by atoms with E-state index in [0.29, 0.717) is 30.5 Å². The fraction of sp³-hybridized carbons (Fsp3) is 0.391. The van der Waals surface area contributed by atoms with Gasteiger partial charge in [-0.3, -0.25) is 9.59 Å². The predicted octanol–water partition coefficient (Wildman–Crippen LogP) is 5.01. The maximum absolute atomic E-state index is 13.2. The average Bonchev–Trinajstić information content (AvgIpc) is 2.72. The first-order valence-corrected chi connectivity index (χ1v) is 11.3. The van der Waals surface area contributed by atoms with E-state index in [9.17, 15) is 9.59 Å². The quantitative estimate of drug-likeness (QED) is 0.537. The number of carbonyl (C=O) groups excluding carboxylic acids is 2. The van der Waals surface area contributed by atoms with E-state index in [1.54, 1.807) is 11.0 Å². The minimum Gasteiger partial charge on any atom is -0.354 e. The van der Waals surface area contributed by atoms with Crippen molar-refractivity contribution < 1.29 is 9.59 Å². The van der Waals surface area contributed by atoms with Crippen LogP contribution in [0.4, 0.5) is 0 Å².